The summed E-state index contributed by atoms with van der Waals surface area (Å²) in [5.74, 6) is -2.38. The molecule has 0 aliphatic carbocycles. The number of benzene rings is 1. The van der Waals surface area contributed by atoms with Crippen molar-refractivity contribution in [2.24, 2.45) is 0 Å². The number of ketones is 1. The Morgan fingerprint density at radius 3 is 2.10 bits per heavy atom. The summed E-state index contributed by atoms with van der Waals surface area (Å²) in [4.78, 5) is 22.6. The van der Waals surface area contributed by atoms with E-state index in [1.54, 1.807) is 18.5 Å². The van der Waals surface area contributed by atoms with E-state index < -0.39 is 11.8 Å². The maximum atomic E-state index is 11.7. The van der Waals surface area contributed by atoms with Gasteiger partial charge in [0.25, 0.3) is 5.78 Å². The van der Waals surface area contributed by atoms with Gasteiger partial charge in [-0.3, -0.25) is 4.79 Å². The minimum Gasteiger partial charge on any atom is -0.475 e. The number of carboxylic acids is 1. The van der Waals surface area contributed by atoms with E-state index in [0.29, 0.717) is 11.4 Å². The highest BCUT2D eigenvalue weighted by molar-refractivity contribution is 6.40. The van der Waals surface area contributed by atoms with Crippen LogP contribution in [0.15, 0.2) is 18.2 Å². The predicted molar refractivity (Wildman–Crippen MR) is 74.5 cm³/mol. The first-order valence-electron chi connectivity index (χ1n) is 6.23. The second-order valence-corrected chi connectivity index (χ2v) is 4.94. The predicted octanol–water partition coefficient (Wildman–Crippen LogP) is 2.37. The van der Waals surface area contributed by atoms with Gasteiger partial charge in [-0.05, 0) is 51.0 Å². The number of aryl methyl sites for hydroxylation is 3. The van der Waals surface area contributed by atoms with Crippen molar-refractivity contribution in [1.82, 2.24) is 9.78 Å². The van der Waals surface area contributed by atoms with Gasteiger partial charge in [-0.15, -0.1) is 0 Å². The summed E-state index contributed by atoms with van der Waals surface area (Å²) in [6.07, 6.45) is 0. The van der Waals surface area contributed by atoms with Crippen LogP contribution in [0.5, 0.6) is 0 Å². The fourth-order valence-electron chi connectivity index (χ4n) is 2.40. The number of hydrogen-bond acceptors (Lipinski definition) is 3. The maximum absolute atomic E-state index is 11.7. The number of carbonyl (C=O) groups excluding carboxylic acids is 1. The molecule has 1 aromatic carbocycles. The molecule has 1 aromatic heterocycles. The van der Waals surface area contributed by atoms with Gasteiger partial charge in [0.2, 0.25) is 0 Å². The molecule has 0 aliphatic rings. The van der Waals surface area contributed by atoms with Crippen LogP contribution in [0, 0.1) is 27.7 Å². The molecule has 0 amide bonds. The third-order valence-electron chi connectivity index (χ3n) is 3.16. The van der Waals surface area contributed by atoms with Gasteiger partial charge in [0, 0.05) is 0 Å². The lowest BCUT2D eigenvalue weighted by atomic mass is 10.1. The number of rotatable bonds is 3. The molecule has 5 nitrogen and oxygen atoms in total. The van der Waals surface area contributed by atoms with Crippen LogP contribution in [0.4, 0.5) is 0 Å². The Kier molecular flexibility index (Phi) is 3.44. The standard InChI is InChI=1S/C15H16N2O3/c1-8-5-9(2)7-12(6-8)17-11(4)13(10(3)16-17)14(18)15(19)20/h5-7H,1-4H3,(H,19,20). The molecule has 0 aliphatic heterocycles. The molecule has 20 heavy (non-hydrogen) atoms. The summed E-state index contributed by atoms with van der Waals surface area (Å²) >= 11 is 0. The Balaban J connectivity index is 2.63. The van der Waals surface area contributed by atoms with E-state index in [1.165, 1.54) is 0 Å². The minimum atomic E-state index is -1.46. The fourth-order valence-corrected chi connectivity index (χ4v) is 2.40. The average Bonchev–Trinajstić information content (AvgIpc) is 2.62. The van der Waals surface area contributed by atoms with Crippen LogP contribution in [0.3, 0.4) is 0 Å². The zero-order valence-electron chi connectivity index (χ0n) is 11.9. The summed E-state index contributed by atoms with van der Waals surface area (Å²) < 4.78 is 1.62. The number of carbonyl (C=O) groups is 2. The van der Waals surface area contributed by atoms with Crippen molar-refractivity contribution >= 4 is 11.8 Å². The van der Waals surface area contributed by atoms with Gasteiger partial charge in [-0.2, -0.15) is 5.10 Å². The maximum Gasteiger partial charge on any atom is 0.377 e. The smallest absolute Gasteiger partial charge is 0.377 e. The molecule has 0 saturated heterocycles. The lowest BCUT2D eigenvalue weighted by Crippen LogP contribution is -2.14. The lowest BCUT2D eigenvalue weighted by molar-refractivity contribution is -0.131. The van der Waals surface area contributed by atoms with E-state index in [4.69, 9.17) is 5.11 Å². The van der Waals surface area contributed by atoms with Crippen molar-refractivity contribution in [3.63, 3.8) is 0 Å². The third-order valence-corrected chi connectivity index (χ3v) is 3.16. The van der Waals surface area contributed by atoms with E-state index in [1.807, 2.05) is 32.0 Å². The quantitative estimate of drug-likeness (QED) is 0.687. The van der Waals surface area contributed by atoms with Gasteiger partial charge < -0.3 is 5.11 Å². The van der Waals surface area contributed by atoms with Crippen LogP contribution in [0.25, 0.3) is 5.69 Å². The van der Waals surface area contributed by atoms with Crippen LogP contribution in [0.1, 0.15) is 32.9 Å². The van der Waals surface area contributed by atoms with Crippen molar-refractivity contribution in [3.05, 3.63) is 46.3 Å². The molecule has 0 spiro atoms. The number of Topliss-reactive ketones (excluding diaryl/α,β-unsaturated/α-hetero) is 1. The van der Waals surface area contributed by atoms with Gasteiger partial charge in [-0.1, -0.05) is 6.07 Å². The first-order chi connectivity index (χ1) is 9.31. The van der Waals surface area contributed by atoms with Gasteiger partial charge in [0.15, 0.2) is 0 Å². The highest BCUT2D eigenvalue weighted by atomic mass is 16.4. The summed E-state index contributed by atoms with van der Waals surface area (Å²) in [5.41, 5.74) is 4.12. The number of aromatic nitrogens is 2. The summed E-state index contributed by atoms with van der Waals surface area (Å²) in [6.45, 7) is 7.30. The van der Waals surface area contributed by atoms with E-state index in [9.17, 15) is 9.59 Å². The molecule has 0 unspecified atom stereocenters. The number of nitrogens with zero attached hydrogens (tertiary/aromatic N) is 2. The lowest BCUT2D eigenvalue weighted by Gasteiger charge is -2.07. The van der Waals surface area contributed by atoms with E-state index in [0.717, 1.165) is 16.8 Å². The first-order valence-corrected chi connectivity index (χ1v) is 6.23. The molecule has 104 valence electrons. The molecule has 0 radical (unpaired) electrons. The van der Waals surface area contributed by atoms with Crippen LogP contribution in [-0.4, -0.2) is 26.6 Å². The van der Waals surface area contributed by atoms with Crippen molar-refractivity contribution in [1.29, 1.82) is 0 Å². The van der Waals surface area contributed by atoms with E-state index >= 15 is 0 Å². The summed E-state index contributed by atoms with van der Waals surface area (Å²) in [7, 11) is 0. The SMILES string of the molecule is Cc1cc(C)cc(-n2nc(C)c(C(=O)C(=O)O)c2C)c1. The second-order valence-electron chi connectivity index (χ2n) is 4.94. The topological polar surface area (TPSA) is 72.2 Å². The van der Waals surface area contributed by atoms with Crippen molar-refractivity contribution in [2.45, 2.75) is 27.7 Å². The molecular weight excluding hydrogens is 256 g/mol. The summed E-state index contributed by atoms with van der Waals surface area (Å²) in [6, 6.07) is 5.93. The highest BCUT2D eigenvalue weighted by Crippen LogP contribution is 2.20. The molecular formula is C15H16N2O3. The highest BCUT2D eigenvalue weighted by Gasteiger charge is 2.24. The van der Waals surface area contributed by atoms with Crippen molar-refractivity contribution in [3.8, 4) is 5.69 Å². The molecule has 2 aromatic rings. The van der Waals surface area contributed by atoms with Crippen LogP contribution < -0.4 is 0 Å². The first kappa shape index (κ1) is 14.0. The van der Waals surface area contributed by atoms with Gasteiger partial charge in [0.05, 0.1) is 22.6 Å². The Hall–Kier alpha value is -2.43. The fraction of sp³-hybridized carbons (Fsp3) is 0.267. The van der Waals surface area contributed by atoms with Crippen molar-refractivity contribution in [2.75, 3.05) is 0 Å². The zero-order valence-corrected chi connectivity index (χ0v) is 11.9. The van der Waals surface area contributed by atoms with Gasteiger partial charge in [0.1, 0.15) is 0 Å². The summed E-state index contributed by atoms with van der Waals surface area (Å²) in [5, 5.41) is 13.2. The van der Waals surface area contributed by atoms with Crippen LogP contribution in [0.2, 0.25) is 0 Å². The molecule has 0 saturated carbocycles. The number of carboxylic acid groups (broad SMARTS) is 1. The number of hydrogen-bond donors (Lipinski definition) is 1. The molecule has 1 heterocycles. The van der Waals surface area contributed by atoms with E-state index in [-0.39, 0.29) is 5.56 Å². The average molecular weight is 272 g/mol. The van der Waals surface area contributed by atoms with E-state index in [2.05, 4.69) is 5.10 Å². The van der Waals surface area contributed by atoms with Crippen LogP contribution in [-0.2, 0) is 4.79 Å². The Labute approximate surface area is 116 Å². The number of aliphatic carboxylic acids is 1. The monoisotopic (exact) mass is 272 g/mol. The van der Waals surface area contributed by atoms with Crippen molar-refractivity contribution < 1.29 is 14.7 Å². The molecule has 2 rings (SSSR count). The normalized spacial score (nSPS) is 10.6. The van der Waals surface area contributed by atoms with Crippen LogP contribution >= 0.6 is 0 Å². The molecule has 0 atom stereocenters. The molecule has 1 N–H and O–H groups in total. The Morgan fingerprint density at radius 1 is 1.05 bits per heavy atom. The molecule has 0 bridgehead atoms. The Bertz CT molecular complexity index is 694. The minimum absolute atomic E-state index is 0.164. The zero-order chi connectivity index (χ0) is 15.0. The second kappa shape index (κ2) is 4.92. The third kappa shape index (κ3) is 2.34. The molecule has 5 heteroatoms. The Morgan fingerprint density at radius 2 is 1.60 bits per heavy atom. The largest absolute Gasteiger partial charge is 0.475 e. The van der Waals surface area contributed by atoms with Gasteiger partial charge >= 0.3 is 5.97 Å². The molecule has 0 fully saturated rings. The van der Waals surface area contributed by atoms with Gasteiger partial charge in [-0.25, -0.2) is 9.48 Å².